The van der Waals surface area contributed by atoms with Crippen molar-refractivity contribution in [3.8, 4) is 0 Å². The van der Waals surface area contributed by atoms with Gasteiger partial charge < -0.3 is 10.8 Å². The van der Waals surface area contributed by atoms with Gasteiger partial charge in [-0.1, -0.05) is 18.5 Å². The van der Waals surface area contributed by atoms with Crippen LogP contribution >= 0.6 is 11.6 Å². The molecule has 3 N–H and O–H groups in total. The van der Waals surface area contributed by atoms with Crippen molar-refractivity contribution < 1.29 is 14.3 Å². The summed E-state index contributed by atoms with van der Waals surface area (Å²) in [7, 11) is 0. The topological polar surface area (TPSA) is 63.3 Å². The Balaban J connectivity index is 2.92. The predicted molar refractivity (Wildman–Crippen MR) is 64.5 cm³/mol. The number of nitrogens with two attached hydrogens (primary N) is 1. The quantitative estimate of drug-likeness (QED) is 0.874. The summed E-state index contributed by atoms with van der Waals surface area (Å²) in [6, 6.07) is 2.19. The second-order valence-electron chi connectivity index (χ2n) is 4.20. The lowest BCUT2D eigenvalue weighted by atomic mass is 9.96. The van der Waals surface area contributed by atoms with Crippen molar-refractivity contribution in [3.05, 3.63) is 34.1 Å². The molecule has 0 fully saturated rings. The van der Waals surface area contributed by atoms with E-state index in [9.17, 15) is 9.18 Å². The first-order chi connectivity index (χ1) is 7.82. The molecule has 0 saturated heterocycles. The van der Waals surface area contributed by atoms with Gasteiger partial charge in [0.15, 0.2) is 0 Å². The number of carboxylic acid groups (broad SMARTS) is 1. The number of hydrogen-bond donors (Lipinski definition) is 2. The van der Waals surface area contributed by atoms with Gasteiger partial charge in [0.05, 0.1) is 5.92 Å². The number of benzene rings is 1. The van der Waals surface area contributed by atoms with Crippen LogP contribution in [0.25, 0.3) is 0 Å². The highest BCUT2D eigenvalue weighted by atomic mass is 35.5. The van der Waals surface area contributed by atoms with Gasteiger partial charge in [-0.15, -0.1) is 0 Å². The fraction of sp³-hybridized carbons (Fsp3) is 0.417. The Labute approximate surface area is 104 Å². The van der Waals surface area contributed by atoms with E-state index in [0.29, 0.717) is 16.1 Å². The molecular weight excluding hydrogens is 245 g/mol. The fourth-order valence-corrected chi connectivity index (χ4v) is 1.91. The summed E-state index contributed by atoms with van der Waals surface area (Å²) in [4.78, 5) is 10.7. The highest BCUT2D eigenvalue weighted by molar-refractivity contribution is 6.31. The molecule has 0 aliphatic carbocycles. The molecule has 0 bridgehead atoms. The van der Waals surface area contributed by atoms with E-state index in [1.165, 1.54) is 12.1 Å². The first-order valence-electron chi connectivity index (χ1n) is 5.26. The third-order valence-electron chi connectivity index (χ3n) is 2.71. The Kier molecular flexibility index (Phi) is 4.48. The van der Waals surface area contributed by atoms with Crippen LogP contribution in [0.5, 0.6) is 0 Å². The van der Waals surface area contributed by atoms with Gasteiger partial charge in [0.2, 0.25) is 0 Å². The Bertz CT molecular complexity index is 437. The van der Waals surface area contributed by atoms with Gasteiger partial charge in [-0.3, -0.25) is 4.79 Å². The summed E-state index contributed by atoms with van der Waals surface area (Å²) >= 11 is 5.97. The van der Waals surface area contributed by atoms with Gasteiger partial charge in [-0.2, -0.15) is 0 Å². The molecule has 0 aliphatic rings. The van der Waals surface area contributed by atoms with Gasteiger partial charge in [0, 0.05) is 11.1 Å². The lowest BCUT2D eigenvalue weighted by Gasteiger charge is -2.16. The Hall–Kier alpha value is -1.13. The van der Waals surface area contributed by atoms with E-state index in [2.05, 4.69) is 0 Å². The van der Waals surface area contributed by atoms with Crippen LogP contribution in [0, 0.1) is 18.7 Å². The zero-order valence-corrected chi connectivity index (χ0v) is 10.5. The Morgan fingerprint density at radius 2 is 2.18 bits per heavy atom. The number of carbonyl (C=O) groups is 1. The van der Waals surface area contributed by atoms with Crippen LogP contribution in [0.2, 0.25) is 5.02 Å². The van der Waals surface area contributed by atoms with Crippen molar-refractivity contribution in [3.63, 3.8) is 0 Å². The fourth-order valence-electron chi connectivity index (χ4n) is 1.55. The monoisotopic (exact) mass is 259 g/mol. The number of halogens is 2. The molecule has 0 amide bonds. The first kappa shape index (κ1) is 13.9. The highest BCUT2D eigenvalue weighted by Crippen LogP contribution is 2.28. The van der Waals surface area contributed by atoms with E-state index in [0.717, 1.165) is 0 Å². The SMILES string of the molecule is Cc1cc(Cl)c(C(N)CC(C)C(=O)O)cc1F. The average molecular weight is 260 g/mol. The summed E-state index contributed by atoms with van der Waals surface area (Å²) in [6.07, 6.45) is 0.220. The number of rotatable bonds is 4. The molecule has 1 aromatic rings. The standard InChI is InChI=1S/C12H15ClFNO2/c1-6-3-9(13)8(5-10(6)14)11(15)4-7(2)12(16)17/h3,5,7,11H,4,15H2,1-2H3,(H,16,17). The maximum atomic E-state index is 13.4. The van der Waals surface area contributed by atoms with Crippen molar-refractivity contribution in [1.29, 1.82) is 0 Å². The van der Waals surface area contributed by atoms with Crippen LogP contribution in [0.15, 0.2) is 12.1 Å². The van der Waals surface area contributed by atoms with Gasteiger partial charge in [0.1, 0.15) is 5.82 Å². The second-order valence-corrected chi connectivity index (χ2v) is 4.61. The summed E-state index contributed by atoms with van der Waals surface area (Å²) in [6.45, 7) is 3.16. The van der Waals surface area contributed by atoms with Gasteiger partial charge in [0.25, 0.3) is 0 Å². The van der Waals surface area contributed by atoms with Crippen LogP contribution in [0.4, 0.5) is 4.39 Å². The van der Waals surface area contributed by atoms with Crippen LogP contribution in [0.3, 0.4) is 0 Å². The lowest BCUT2D eigenvalue weighted by Crippen LogP contribution is -2.19. The molecule has 3 nitrogen and oxygen atoms in total. The van der Waals surface area contributed by atoms with E-state index in [1.54, 1.807) is 13.8 Å². The molecule has 0 radical (unpaired) electrons. The molecule has 0 aromatic heterocycles. The van der Waals surface area contributed by atoms with Crippen molar-refractivity contribution >= 4 is 17.6 Å². The minimum atomic E-state index is -0.927. The molecule has 0 heterocycles. The smallest absolute Gasteiger partial charge is 0.306 e. The molecule has 17 heavy (non-hydrogen) atoms. The molecule has 0 spiro atoms. The highest BCUT2D eigenvalue weighted by Gasteiger charge is 2.19. The van der Waals surface area contributed by atoms with Crippen molar-refractivity contribution in [2.45, 2.75) is 26.3 Å². The number of carboxylic acids is 1. The van der Waals surface area contributed by atoms with Crippen molar-refractivity contribution in [2.75, 3.05) is 0 Å². The maximum Gasteiger partial charge on any atom is 0.306 e. The minimum absolute atomic E-state index is 0.220. The zero-order chi connectivity index (χ0) is 13.2. The van der Waals surface area contributed by atoms with E-state index in [1.807, 2.05) is 0 Å². The van der Waals surface area contributed by atoms with Gasteiger partial charge in [-0.25, -0.2) is 4.39 Å². The number of aliphatic carboxylic acids is 1. The summed E-state index contributed by atoms with van der Waals surface area (Å²) < 4.78 is 13.4. The summed E-state index contributed by atoms with van der Waals surface area (Å²) in [5.41, 5.74) is 6.73. The van der Waals surface area contributed by atoms with Crippen LogP contribution < -0.4 is 5.73 Å². The maximum absolute atomic E-state index is 13.4. The van der Waals surface area contributed by atoms with E-state index in [-0.39, 0.29) is 12.2 Å². The minimum Gasteiger partial charge on any atom is -0.481 e. The lowest BCUT2D eigenvalue weighted by molar-refractivity contribution is -0.141. The van der Waals surface area contributed by atoms with Gasteiger partial charge >= 0.3 is 5.97 Å². The second kappa shape index (κ2) is 5.47. The normalized spacial score (nSPS) is 14.4. The molecular formula is C12H15ClFNO2. The van der Waals surface area contributed by atoms with Crippen LogP contribution in [0.1, 0.15) is 30.5 Å². The number of hydrogen-bond acceptors (Lipinski definition) is 2. The van der Waals surface area contributed by atoms with Crippen molar-refractivity contribution in [1.82, 2.24) is 0 Å². The van der Waals surface area contributed by atoms with Crippen LogP contribution in [-0.2, 0) is 4.79 Å². The molecule has 2 atom stereocenters. The molecule has 0 aliphatic heterocycles. The molecule has 1 rings (SSSR count). The first-order valence-corrected chi connectivity index (χ1v) is 5.64. The van der Waals surface area contributed by atoms with Crippen molar-refractivity contribution in [2.24, 2.45) is 11.7 Å². The molecule has 5 heteroatoms. The molecule has 2 unspecified atom stereocenters. The van der Waals surface area contributed by atoms with E-state index >= 15 is 0 Å². The zero-order valence-electron chi connectivity index (χ0n) is 9.71. The molecule has 0 saturated carbocycles. The Morgan fingerprint density at radius 1 is 1.59 bits per heavy atom. The summed E-state index contributed by atoms with van der Waals surface area (Å²) in [5, 5.41) is 9.15. The van der Waals surface area contributed by atoms with Crippen LogP contribution in [-0.4, -0.2) is 11.1 Å². The Morgan fingerprint density at radius 3 is 2.71 bits per heavy atom. The predicted octanol–water partition coefficient (Wildman–Crippen LogP) is 2.90. The number of aryl methyl sites for hydroxylation is 1. The average Bonchev–Trinajstić information content (AvgIpc) is 2.22. The third kappa shape index (κ3) is 3.41. The third-order valence-corrected chi connectivity index (χ3v) is 3.03. The summed E-state index contributed by atoms with van der Waals surface area (Å²) in [5.74, 6) is -1.91. The van der Waals surface area contributed by atoms with Gasteiger partial charge in [-0.05, 0) is 36.6 Å². The molecule has 94 valence electrons. The van der Waals surface area contributed by atoms with E-state index < -0.39 is 17.9 Å². The molecule has 1 aromatic carbocycles. The van der Waals surface area contributed by atoms with E-state index in [4.69, 9.17) is 22.4 Å². The largest absolute Gasteiger partial charge is 0.481 e.